The van der Waals surface area contributed by atoms with E-state index in [1.165, 1.54) is 22.2 Å². The third-order valence-electron chi connectivity index (χ3n) is 4.31. The minimum Gasteiger partial charge on any atom is -0.398 e. The van der Waals surface area contributed by atoms with Crippen molar-refractivity contribution in [1.29, 1.82) is 0 Å². The van der Waals surface area contributed by atoms with Crippen LogP contribution in [0.3, 0.4) is 0 Å². The van der Waals surface area contributed by atoms with Crippen LogP contribution in [0.4, 0.5) is 5.69 Å². The van der Waals surface area contributed by atoms with Crippen molar-refractivity contribution in [2.75, 3.05) is 5.73 Å². The fourth-order valence-electron chi connectivity index (χ4n) is 3.16. The minimum atomic E-state index is -0.621. The number of hydrogen-bond donors (Lipinski definition) is 1. The predicted octanol–water partition coefficient (Wildman–Crippen LogP) is 4.48. The van der Waals surface area contributed by atoms with Gasteiger partial charge in [0, 0.05) is 17.3 Å². The normalized spacial score (nSPS) is 15.7. The topological polar surface area (TPSA) is 26.0 Å². The average molecular weight is 340 g/mol. The van der Waals surface area contributed by atoms with Gasteiger partial charge in [-0.15, -0.1) is 0 Å². The summed E-state index contributed by atoms with van der Waals surface area (Å²) in [5.41, 5.74) is 9.56. The first-order chi connectivity index (χ1) is 12.3. The van der Waals surface area contributed by atoms with Crippen molar-refractivity contribution in [3.05, 3.63) is 121 Å². The highest BCUT2D eigenvalue weighted by atomic mass is 31.1. The molecule has 0 heterocycles. The molecule has 3 aromatic carbocycles. The van der Waals surface area contributed by atoms with Gasteiger partial charge in [-0.2, -0.15) is 0 Å². The van der Waals surface area contributed by atoms with Crippen LogP contribution in [0, 0.1) is 30.8 Å². The number of benzene rings is 3. The van der Waals surface area contributed by atoms with Crippen LogP contribution in [-0.2, 0) is 0 Å². The van der Waals surface area contributed by atoms with Gasteiger partial charge in [0.25, 0.3) is 0 Å². The van der Waals surface area contributed by atoms with Gasteiger partial charge in [-0.3, -0.25) is 0 Å². The summed E-state index contributed by atoms with van der Waals surface area (Å²) in [5, 5.41) is 2.70. The Morgan fingerprint density at radius 3 is 1.76 bits per heavy atom. The molecular weight excluding hydrogens is 321 g/mol. The van der Waals surface area contributed by atoms with Crippen LogP contribution in [0.15, 0.2) is 84.9 Å². The van der Waals surface area contributed by atoms with Gasteiger partial charge in [0.1, 0.15) is 0 Å². The van der Waals surface area contributed by atoms with Gasteiger partial charge >= 0.3 is 0 Å². The SMILES string of the molecule is Nc1ccccc1[C]1[CH][CH][CH][C]1P(c1ccccc1)c1ccccc1. The van der Waals surface area contributed by atoms with Crippen LogP contribution < -0.4 is 16.3 Å². The van der Waals surface area contributed by atoms with Crippen molar-refractivity contribution in [2.24, 2.45) is 0 Å². The molecule has 4 rings (SSSR count). The van der Waals surface area contributed by atoms with Crippen LogP contribution in [0.2, 0.25) is 0 Å². The molecule has 25 heavy (non-hydrogen) atoms. The quantitative estimate of drug-likeness (QED) is 0.550. The number of nitrogen functional groups attached to an aromatic ring is 1. The number of nitrogens with two attached hydrogens (primary N) is 1. The van der Waals surface area contributed by atoms with Crippen LogP contribution in [0.25, 0.3) is 0 Å². The summed E-state index contributed by atoms with van der Waals surface area (Å²) in [5.74, 6) is 1.23. The van der Waals surface area contributed by atoms with Crippen molar-refractivity contribution in [2.45, 2.75) is 0 Å². The molecule has 5 radical (unpaired) electrons. The van der Waals surface area contributed by atoms with Crippen molar-refractivity contribution in [1.82, 2.24) is 0 Å². The Morgan fingerprint density at radius 2 is 1.16 bits per heavy atom. The predicted molar refractivity (Wildman–Crippen MR) is 108 cm³/mol. The molecule has 0 saturated heterocycles. The maximum atomic E-state index is 6.27. The summed E-state index contributed by atoms with van der Waals surface area (Å²) >= 11 is 0. The highest BCUT2D eigenvalue weighted by Gasteiger charge is 2.38. The molecule has 0 unspecified atom stereocenters. The molecule has 1 aliphatic carbocycles. The summed E-state index contributed by atoms with van der Waals surface area (Å²) in [6, 6.07) is 29.6. The third-order valence-corrected chi connectivity index (χ3v) is 6.81. The van der Waals surface area contributed by atoms with E-state index in [2.05, 4.69) is 92.1 Å². The molecule has 1 nitrogen and oxygen atoms in total. The molecular formula is C23H19NP. The molecule has 0 atom stereocenters. The van der Waals surface area contributed by atoms with Crippen LogP contribution >= 0.6 is 7.92 Å². The van der Waals surface area contributed by atoms with Crippen molar-refractivity contribution >= 4 is 24.2 Å². The molecule has 0 aromatic heterocycles. The summed E-state index contributed by atoms with van der Waals surface area (Å²) in [7, 11) is -0.621. The maximum absolute atomic E-state index is 6.27. The van der Waals surface area contributed by atoms with Gasteiger partial charge < -0.3 is 5.73 Å². The first kappa shape index (κ1) is 16.4. The van der Waals surface area contributed by atoms with E-state index in [1.807, 2.05) is 12.1 Å². The molecule has 0 bridgehead atoms. The fraction of sp³-hybridized carbons (Fsp3) is 0. The zero-order chi connectivity index (χ0) is 17.1. The highest BCUT2D eigenvalue weighted by Crippen LogP contribution is 2.58. The third kappa shape index (κ3) is 3.34. The summed E-state index contributed by atoms with van der Waals surface area (Å²) < 4.78 is 0. The van der Waals surface area contributed by atoms with Crippen molar-refractivity contribution in [3.8, 4) is 0 Å². The van der Waals surface area contributed by atoms with Gasteiger partial charge in [0.05, 0.1) is 0 Å². The second kappa shape index (κ2) is 7.42. The second-order valence-electron chi connectivity index (χ2n) is 5.92. The smallest absolute Gasteiger partial charge is 0.0353 e. The van der Waals surface area contributed by atoms with E-state index in [0.29, 0.717) is 0 Å². The monoisotopic (exact) mass is 340 g/mol. The molecule has 121 valence electrons. The van der Waals surface area contributed by atoms with E-state index in [4.69, 9.17) is 5.73 Å². The molecule has 0 amide bonds. The average Bonchev–Trinajstić information content (AvgIpc) is 3.13. The van der Waals surface area contributed by atoms with E-state index in [0.717, 1.165) is 11.3 Å². The van der Waals surface area contributed by atoms with Crippen LogP contribution in [0.1, 0.15) is 5.56 Å². The number of rotatable bonds is 4. The lowest BCUT2D eigenvalue weighted by molar-refractivity contribution is 1.26. The van der Waals surface area contributed by atoms with E-state index < -0.39 is 7.92 Å². The summed E-state index contributed by atoms with van der Waals surface area (Å²) in [4.78, 5) is 0. The Bertz CT molecular complexity index is 776. The summed E-state index contributed by atoms with van der Waals surface area (Å²) in [6.07, 6.45) is 6.56. The Hall–Kier alpha value is -2.11. The van der Waals surface area contributed by atoms with Crippen molar-refractivity contribution < 1.29 is 0 Å². The Labute approximate surface area is 151 Å². The van der Waals surface area contributed by atoms with Crippen LogP contribution in [-0.4, -0.2) is 0 Å². The molecule has 1 fully saturated rings. The highest BCUT2D eigenvalue weighted by molar-refractivity contribution is 7.76. The molecule has 1 aliphatic rings. The Morgan fingerprint density at radius 1 is 0.600 bits per heavy atom. The largest absolute Gasteiger partial charge is 0.398 e. The first-order valence-electron chi connectivity index (χ1n) is 8.35. The maximum Gasteiger partial charge on any atom is 0.0353 e. The summed E-state index contributed by atoms with van der Waals surface area (Å²) in [6.45, 7) is 0. The van der Waals surface area contributed by atoms with E-state index in [9.17, 15) is 0 Å². The van der Waals surface area contributed by atoms with Gasteiger partial charge in [0.2, 0.25) is 0 Å². The van der Waals surface area contributed by atoms with Gasteiger partial charge in [-0.05, 0) is 49.4 Å². The second-order valence-corrected chi connectivity index (χ2v) is 8.10. The number of anilines is 1. The zero-order valence-corrected chi connectivity index (χ0v) is 14.7. The van der Waals surface area contributed by atoms with E-state index >= 15 is 0 Å². The molecule has 3 aromatic rings. The molecule has 2 heteroatoms. The lowest BCUT2D eigenvalue weighted by Gasteiger charge is -2.29. The van der Waals surface area contributed by atoms with Gasteiger partial charge in [-0.25, -0.2) is 0 Å². The zero-order valence-electron chi connectivity index (χ0n) is 13.8. The number of para-hydroxylation sites is 1. The number of hydrogen-bond acceptors (Lipinski definition) is 1. The molecule has 1 saturated carbocycles. The van der Waals surface area contributed by atoms with Crippen LogP contribution in [0.5, 0.6) is 0 Å². The first-order valence-corrected chi connectivity index (χ1v) is 9.69. The molecule has 0 aliphatic heterocycles. The standard InChI is InChI=1S/C23H19NP/c24-22-16-8-7-14-20(22)21-15-9-17-23(21)25(18-10-3-1-4-11-18)19-12-5-2-6-13-19/h1-17H,24H2. The Balaban J connectivity index is 1.78. The molecule has 0 spiro atoms. The Kier molecular flexibility index (Phi) is 4.85. The van der Waals surface area contributed by atoms with E-state index in [-0.39, 0.29) is 0 Å². The fourth-order valence-corrected chi connectivity index (χ4v) is 5.62. The van der Waals surface area contributed by atoms with Gasteiger partial charge in [-0.1, -0.05) is 78.9 Å². The minimum absolute atomic E-state index is 0.621. The van der Waals surface area contributed by atoms with Crippen molar-refractivity contribution in [3.63, 3.8) is 0 Å². The van der Waals surface area contributed by atoms with E-state index in [1.54, 1.807) is 0 Å². The lowest BCUT2D eigenvalue weighted by Crippen LogP contribution is -2.19. The van der Waals surface area contributed by atoms with Gasteiger partial charge in [0.15, 0.2) is 0 Å². The lowest BCUT2D eigenvalue weighted by atomic mass is 9.96. The molecule has 2 N–H and O–H groups in total.